The molecule has 0 radical (unpaired) electrons. The predicted octanol–water partition coefficient (Wildman–Crippen LogP) is 2.25. The van der Waals surface area contributed by atoms with Gasteiger partial charge in [-0.05, 0) is 18.8 Å². The van der Waals surface area contributed by atoms with Crippen molar-refractivity contribution in [2.45, 2.75) is 40.7 Å². The van der Waals surface area contributed by atoms with Crippen molar-refractivity contribution in [3.05, 3.63) is 0 Å². The molecular formula is C11H22O3. The van der Waals surface area contributed by atoms with Crippen LogP contribution in [0.3, 0.4) is 0 Å². The lowest BCUT2D eigenvalue weighted by Crippen LogP contribution is -2.26. The number of rotatable bonds is 6. The molecule has 0 aromatic rings. The topological polar surface area (TPSA) is 35.5 Å². The third kappa shape index (κ3) is 6.89. The van der Waals surface area contributed by atoms with Gasteiger partial charge in [-0.25, -0.2) is 4.79 Å². The van der Waals surface area contributed by atoms with Crippen LogP contribution in [-0.2, 0) is 14.3 Å². The fourth-order valence-corrected chi connectivity index (χ4v) is 0.771. The van der Waals surface area contributed by atoms with Crippen LogP contribution in [-0.4, -0.2) is 25.3 Å². The Morgan fingerprint density at radius 2 is 1.50 bits per heavy atom. The molecule has 0 heterocycles. The third-order valence-corrected chi connectivity index (χ3v) is 1.57. The zero-order valence-electron chi connectivity index (χ0n) is 9.87. The molecule has 0 amide bonds. The van der Waals surface area contributed by atoms with E-state index in [1.807, 2.05) is 27.7 Å². The number of carbonyl (C=O) groups is 1. The minimum absolute atomic E-state index is 0.264. The highest BCUT2D eigenvalue weighted by Crippen LogP contribution is 2.01. The summed E-state index contributed by atoms with van der Waals surface area (Å²) in [5, 5.41) is 0. The van der Waals surface area contributed by atoms with Gasteiger partial charge in [-0.3, -0.25) is 0 Å². The van der Waals surface area contributed by atoms with Gasteiger partial charge in [-0.2, -0.15) is 0 Å². The van der Waals surface area contributed by atoms with Gasteiger partial charge in [0.15, 0.2) is 6.10 Å². The largest absolute Gasteiger partial charge is 0.464 e. The molecular weight excluding hydrogens is 180 g/mol. The second-order valence-electron chi connectivity index (χ2n) is 4.39. The summed E-state index contributed by atoms with van der Waals surface area (Å²) in [6.45, 7) is 10.9. The first-order chi connectivity index (χ1) is 6.43. The van der Waals surface area contributed by atoms with Gasteiger partial charge in [0.25, 0.3) is 0 Å². The Kier molecular flexibility index (Phi) is 6.54. The Balaban J connectivity index is 3.65. The van der Waals surface area contributed by atoms with E-state index in [9.17, 15) is 4.79 Å². The molecule has 0 rings (SSSR count). The highest BCUT2D eigenvalue weighted by molar-refractivity contribution is 5.74. The van der Waals surface area contributed by atoms with Crippen LogP contribution < -0.4 is 0 Å². The molecule has 0 N–H and O–H groups in total. The van der Waals surface area contributed by atoms with Crippen molar-refractivity contribution in [2.24, 2.45) is 11.8 Å². The molecule has 0 aromatic heterocycles. The Labute approximate surface area is 86.8 Å². The van der Waals surface area contributed by atoms with Crippen LogP contribution in [0.2, 0.25) is 0 Å². The van der Waals surface area contributed by atoms with E-state index >= 15 is 0 Å². The van der Waals surface area contributed by atoms with E-state index in [4.69, 9.17) is 9.47 Å². The maximum atomic E-state index is 11.3. The maximum Gasteiger partial charge on any atom is 0.334 e. The fourth-order valence-electron chi connectivity index (χ4n) is 0.771. The molecule has 1 unspecified atom stereocenters. The first-order valence-electron chi connectivity index (χ1n) is 5.21. The highest BCUT2D eigenvalue weighted by Gasteiger charge is 2.15. The van der Waals surface area contributed by atoms with Crippen molar-refractivity contribution in [1.82, 2.24) is 0 Å². The SMILES string of the molecule is CC(C)COC(=O)C(C)OCC(C)C. The Hall–Kier alpha value is -0.570. The molecule has 84 valence electrons. The van der Waals surface area contributed by atoms with Gasteiger partial charge in [0.1, 0.15) is 0 Å². The number of ether oxygens (including phenoxy) is 2. The number of hydrogen-bond donors (Lipinski definition) is 0. The highest BCUT2D eigenvalue weighted by atomic mass is 16.6. The predicted molar refractivity (Wildman–Crippen MR) is 56.0 cm³/mol. The molecule has 3 nitrogen and oxygen atoms in total. The first kappa shape index (κ1) is 13.4. The van der Waals surface area contributed by atoms with E-state index in [1.165, 1.54) is 0 Å². The lowest BCUT2D eigenvalue weighted by molar-refractivity contribution is -0.157. The molecule has 0 aliphatic rings. The van der Waals surface area contributed by atoms with Crippen molar-refractivity contribution >= 4 is 5.97 Å². The van der Waals surface area contributed by atoms with Crippen molar-refractivity contribution in [3.63, 3.8) is 0 Å². The van der Waals surface area contributed by atoms with E-state index in [1.54, 1.807) is 6.92 Å². The standard InChI is InChI=1S/C11H22O3/c1-8(2)6-13-10(5)11(12)14-7-9(3)4/h8-10H,6-7H2,1-5H3. The summed E-state index contributed by atoms with van der Waals surface area (Å²) in [4.78, 5) is 11.3. The van der Waals surface area contributed by atoms with Crippen molar-refractivity contribution in [2.75, 3.05) is 13.2 Å². The van der Waals surface area contributed by atoms with Crippen molar-refractivity contribution < 1.29 is 14.3 Å². The minimum Gasteiger partial charge on any atom is -0.464 e. The lowest BCUT2D eigenvalue weighted by atomic mass is 10.2. The molecule has 0 aliphatic heterocycles. The molecule has 3 heteroatoms. The third-order valence-electron chi connectivity index (χ3n) is 1.57. The van der Waals surface area contributed by atoms with Gasteiger partial charge in [0.2, 0.25) is 0 Å². The fraction of sp³-hybridized carbons (Fsp3) is 0.909. The maximum absolute atomic E-state index is 11.3. The summed E-state index contributed by atoms with van der Waals surface area (Å²) in [5.74, 6) is 0.547. The monoisotopic (exact) mass is 202 g/mol. The minimum atomic E-state index is -0.448. The molecule has 0 aliphatic carbocycles. The summed E-state index contributed by atoms with van der Waals surface area (Å²) in [5.41, 5.74) is 0. The van der Waals surface area contributed by atoms with Crippen LogP contribution in [0.5, 0.6) is 0 Å². The summed E-state index contributed by atoms with van der Waals surface area (Å²) in [7, 11) is 0. The van der Waals surface area contributed by atoms with E-state index in [0.29, 0.717) is 25.0 Å². The zero-order chi connectivity index (χ0) is 11.1. The lowest BCUT2D eigenvalue weighted by Gasteiger charge is -2.14. The van der Waals surface area contributed by atoms with Gasteiger partial charge in [-0.15, -0.1) is 0 Å². The van der Waals surface area contributed by atoms with E-state index < -0.39 is 6.10 Å². The molecule has 0 aromatic carbocycles. The number of hydrogen-bond acceptors (Lipinski definition) is 3. The van der Waals surface area contributed by atoms with Gasteiger partial charge in [-0.1, -0.05) is 27.7 Å². The number of carbonyl (C=O) groups excluding carboxylic acids is 1. The van der Waals surface area contributed by atoms with Gasteiger partial charge in [0, 0.05) is 0 Å². The average molecular weight is 202 g/mol. The van der Waals surface area contributed by atoms with Crippen LogP contribution >= 0.6 is 0 Å². The summed E-state index contributed by atoms with van der Waals surface area (Å²) >= 11 is 0. The smallest absolute Gasteiger partial charge is 0.334 e. The second kappa shape index (κ2) is 6.82. The molecule has 14 heavy (non-hydrogen) atoms. The van der Waals surface area contributed by atoms with Crippen LogP contribution in [0.4, 0.5) is 0 Å². The molecule has 0 saturated carbocycles. The average Bonchev–Trinajstić information content (AvgIpc) is 2.09. The van der Waals surface area contributed by atoms with Crippen molar-refractivity contribution in [3.8, 4) is 0 Å². The van der Waals surface area contributed by atoms with Crippen LogP contribution in [0.25, 0.3) is 0 Å². The van der Waals surface area contributed by atoms with Gasteiger partial charge < -0.3 is 9.47 Å². The van der Waals surface area contributed by atoms with Gasteiger partial charge >= 0.3 is 5.97 Å². The first-order valence-corrected chi connectivity index (χ1v) is 5.21. The van der Waals surface area contributed by atoms with Crippen molar-refractivity contribution in [1.29, 1.82) is 0 Å². The molecule has 0 bridgehead atoms. The summed E-state index contributed by atoms with van der Waals surface area (Å²) < 4.78 is 10.4. The van der Waals surface area contributed by atoms with E-state index in [-0.39, 0.29) is 5.97 Å². The Morgan fingerprint density at radius 3 is 1.93 bits per heavy atom. The Bertz CT molecular complexity index is 164. The molecule has 0 spiro atoms. The molecule has 1 atom stereocenters. The summed E-state index contributed by atoms with van der Waals surface area (Å²) in [6, 6.07) is 0. The molecule has 0 saturated heterocycles. The normalized spacial score (nSPS) is 13.4. The van der Waals surface area contributed by atoms with Crippen LogP contribution in [0.15, 0.2) is 0 Å². The van der Waals surface area contributed by atoms with Crippen LogP contribution in [0, 0.1) is 11.8 Å². The van der Waals surface area contributed by atoms with Crippen LogP contribution in [0.1, 0.15) is 34.6 Å². The molecule has 0 fully saturated rings. The van der Waals surface area contributed by atoms with E-state index in [0.717, 1.165) is 0 Å². The van der Waals surface area contributed by atoms with Gasteiger partial charge in [0.05, 0.1) is 13.2 Å². The Morgan fingerprint density at radius 1 is 1.00 bits per heavy atom. The second-order valence-corrected chi connectivity index (χ2v) is 4.39. The summed E-state index contributed by atoms with van der Waals surface area (Å²) in [6.07, 6.45) is -0.448. The zero-order valence-corrected chi connectivity index (χ0v) is 9.87. The quantitative estimate of drug-likeness (QED) is 0.620. The number of esters is 1. The van der Waals surface area contributed by atoms with E-state index in [2.05, 4.69) is 0 Å².